The molecule has 0 saturated carbocycles. The van der Waals surface area contributed by atoms with Crippen molar-refractivity contribution in [3.63, 3.8) is 0 Å². The molecule has 4 heteroatoms. The first kappa shape index (κ1) is 12.3. The quantitative estimate of drug-likeness (QED) is 0.778. The van der Waals surface area contributed by atoms with E-state index in [-0.39, 0.29) is 12.2 Å². The van der Waals surface area contributed by atoms with Gasteiger partial charge in [0.1, 0.15) is 0 Å². The predicted octanol–water partition coefficient (Wildman–Crippen LogP) is 1.63. The van der Waals surface area contributed by atoms with E-state index in [2.05, 4.69) is 0 Å². The summed E-state index contributed by atoms with van der Waals surface area (Å²) in [7, 11) is 0. The normalized spacial score (nSPS) is 20.1. The molecule has 0 bridgehead atoms. The van der Waals surface area contributed by atoms with E-state index in [0.29, 0.717) is 12.5 Å². The summed E-state index contributed by atoms with van der Waals surface area (Å²) in [6.07, 6.45) is 2.36. The van der Waals surface area contributed by atoms with Crippen LogP contribution in [0.5, 0.6) is 0 Å². The number of ether oxygens (including phenoxy) is 1. The maximum Gasteiger partial charge on any atom is 0.409 e. The van der Waals surface area contributed by atoms with Crippen LogP contribution < -0.4 is 0 Å². The Labute approximate surface area is 91.2 Å². The van der Waals surface area contributed by atoms with E-state index < -0.39 is 0 Å². The number of piperidine rings is 1. The molecule has 1 atom stereocenters. The summed E-state index contributed by atoms with van der Waals surface area (Å²) in [5, 5.41) is 9.26. The molecule has 1 saturated heterocycles. The molecular weight excluding hydrogens is 194 g/mol. The number of aliphatic hydroxyl groups excluding tert-OH is 1. The van der Waals surface area contributed by atoms with Gasteiger partial charge >= 0.3 is 6.09 Å². The van der Waals surface area contributed by atoms with E-state index in [1.807, 2.05) is 13.8 Å². The summed E-state index contributed by atoms with van der Waals surface area (Å²) in [5.41, 5.74) is 0. The van der Waals surface area contributed by atoms with Gasteiger partial charge in [0.05, 0.1) is 12.7 Å². The fraction of sp³-hybridized carbons (Fsp3) is 0.909. The Morgan fingerprint density at radius 2 is 2.13 bits per heavy atom. The van der Waals surface area contributed by atoms with Gasteiger partial charge in [0.2, 0.25) is 0 Å². The Hall–Kier alpha value is -0.770. The van der Waals surface area contributed by atoms with E-state index in [1.54, 1.807) is 4.90 Å². The minimum absolute atomic E-state index is 0.201. The van der Waals surface area contributed by atoms with Crippen LogP contribution in [0.1, 0.15) is 33.1 Å². The molecule has 88 valence electrons. The molecule has 1 aliphatic rings. The maximum atomic E-state index is 11.4. The summed E-state index contributed by atoms with van der Waals surface area (Å²) in [5.74, 6) is 0.552. The summed E-state index contributed by atoms with van der Waals surface area (Å²) >= 11 is 0. The maximum absolute atomic E-state index is 11.4. The number of aliphatic hydroxyl groups is 1. The zero-order chi connectivity index (χ0) is 11.3. The number of hydrogen-bond donors (Lipinski definition) is 1. The number of hydrogen-bond acceptors (Lipinski definition) is 3. The van der Waals surface area contributed by atoms with Gasteiger partial charge in [-0.05, 0) is 39.0 Å². The van der Waals surface area contributed by atoms with Crippen LogP contribution in [0.25, 0.3) is 0 Å². The molecule has 1 aliphatic heterocycles. The van der Waals surface area contributed by atoms with Gasteiger partial charge in [-0.15, -0.1) is 0 Å². The first-order chi connectivity index (χ1) is 7.13. The third kappa shape index (κ3) is 4.08. The Balaban J connectivity index is 2.26. The molecule has 1 heterocycles. The van der Waals surface area contributed by atoms with E-state index in [4.69, 9.17) is 4.74 Å². The van der Waals surface area contributed by atoms with Crippen LogP contribution >= 0.6 is 0 Å². The Morgan fingerprint density at radius 3 is 2.60 bits per heavy atom. The van der Waals surface area contributed by atoms with Crippen molar-refractivity contribution in [2.24, 2.45) is 5.92 Å². The Bertz CT molecular complexity index is 198. The van der Waals surface area contributed by atoms with Gasteiger partial charge < -0.3 is 14.7 Å². The van der Waals surface area contributed by atoms with Crippen molar-refractivity contribution in [2.45, 2.75) is 39.2 Å². The standard InChI is InChI=1S/C11H21NO3/c1-3-15-11(14)12-6-4-10(5-7-12)8-9(2)13/h9-10,13H,3-8H2,1-2H3. The zero-order valence-electron chi connectivity index (χ0n) is 9.61. The van der Waals surface area contributed by atoms with Crippen LogP contribution in [-0.4, -0.2) is 41.9 Å². The predicted molar refractivity (Wildman–Crippen MR) is 57.6 cm³/mol. The summed E-state index contributed by atoms with van der Waals surface area (Å²) in [4.78, 5) is 13.1. The Kier molecular flexibility index (Phi) is 4.88. The Morgan fingerprint density at radius 1 is 1.53 bits per heavy atom. The van der Waals surface area contributed by atoms with Gasteiger partial charge in [0.25, 0.3) is 0 Å². The van der Waals surface area contributed by atoms with Gasteiger partial charge in [-0.1, -0.05) is 0 Å². The lowest BCUT2D eigenvalue weighted by Crippen LogP contribution is -2.39. The highest BCUT2D eigenvalue weighted by molar-refractivity contribution is 5.67. The number of amides is 1. The number of rotatable bonds is 3. The van der Waals surface area contributed by atoms with E-state index in [0.717, 1.165) is 32.4 Å². The first-order valence-corrected chi connectivity index (χ1v) is 5.73. The minimum atomic E-state index is -0.232. The van der Waals surface area contributed by atoms with Crippen molar-refractivity contribution in [1.29, 1.82) is 0 Å². The van der Waals surface area contributed by atoms with Crippen molar-refractivity contribution in [3.05, 3.63) is 0 Å². The van der Waals surface area contributed by atoms with Crippen molar-refractivity contribution in [3.8, 4) is 0 Å². The van der Waals surface area contributed by atoms with Crippen molar-refractivity contribution in [2.75, 3.05) is 19.7 Å². The van der Waals surface area contributed by atoms with E-state index >= 15 is 0 Å². The highest BCUT2D eigenvalue weighted by Gasteiger charge is 2.23. The number of carbonyl (C=O) groups excluding carboxylic acids is 1. The van der Waals surface area contributed by atoms with Crippen LogP contribution in [0, 0.1) is 5.92 Å². The van der Waals surface area contributed by atoms with Crippen molar-refractivity contribution < 1.29 is 14.6 Å². The minimum Gasteiger partial charge on any atom is -0.450 e. The molecule has 4 nitrogen and oxygen atoms in total. The number of carbonyl (C=O) groups is 1. The highest BCUT2D eigenvalue weighted by atomic mass is 16.6. The smallest absolute Gasteiger partial charge is 0.409 e. The summed E-state index contributed by atoms with van der Waals surface area (Å²) in [6.45, 7) is 5.59. The third-order valence-corrected chi connectivity index (χ3v) is 2.81. The average Bonchev–Trinajstić information content (AvgIpc) is 2.18. The van der Waals surface area contributed by atoms with Crippen molar-refractivity contribution >= 4 is 6.09 Å². The fourth-order valence-electron chi connectivity index (χ4n) is 2.05. The largest absolute Gasteiger partial charge is 0.450 e. The van der Waals surface area contributed by atoms with Crippen LogP contribution in [0.15, 0.2) is 0 Å². The summed E-state index contributed by atoms with van der Waals surface area (Å²) < 4.78 is 4.94. The lowest BCUT2D eigenvalue weighted by atomic mass is 9.92. The molecule has 1 amide bonds. The highest BCUT2D eigenvalue weighted by Crippen LogP contribution is 2.22. The van der Waals surface area contributed by atoms with Gasteiger partial charge in [0.15, 0.2) is 0 Å². The molecule has 1 rings (SSSR count). The molecule has 1 fully saturated rings. The fourth-order valence-corrected chi connectivity index (χ4v) is 2.05. The molecule has 0 spiro atoms. The third-order valence-electron chi connectivity index (χ3n) is 2.81. The zero-order valence-corrected chi connectivity index (χ0v) is 9.61. The average molecular weight is 215 g/mol. The SMILES string of the molecule is CCOC(=O)N1CCC(CC(C)O)CC1. The van der Waals surface area contributed by atoms with Crippen LogP contribution in [0.3, 0.4) is 0 Å². The molecule has 0 aliphatic carbocycles. The van der Waals surface area contributed by atoms with Crippen LogP contribution in [0.4, 0.5) is 4.79 Å². The van der Waals surface area contributed by atoms with Crippen LogP contribution in [0.2, 0.25) is 0 Å². The lowest BCUT2D eigenvalue weighted by molar-refractivity contribution is 0.0820. The molecule has 0 aromatic heterocycles. The summed E-state index contributed by atoms with van der Waals surface area (Å²) in [6, 6.07) is 0. The molecule has 1 N–H and O–H groups in total. The number of likely N-dealkylation sites (tertiary alicyclic amines) is 1. The molecular formula is C11H21NO3. The molecule has 0 aromatic carbocycles. The van der Waals surface area contributed by atoms with Gasteiger partial charge in [0, 0.05) is 13.1 Å². The topological polar surface area (TPSA) is 49.8 Å². The van der Waals surface area contributed by atoms with Gasteiger partial charge in [-0.25, -0.2) is 4.79 Å². The van der Waals surface area contributed by atoms with Gasteiger partial charge in [-0.3, -0.25) is 0 Å². The molecule has 15 heavy (non-hydrogen) atoms. The molecule has 0 radical (unpaired) electrons. The van der Waals surface area contributed by atoms with E-state index in [9.17, 15) is 9.90 Å². The van der Waals surface area contributed by atoms with E-state index in [1.165, 1.54) is 0 Å². The van der Waals surface area contributed by atoms with Gasteiger partial charge in [-0.2, -0.15) is 0 Å². The molecule has 1 unspecified atom stereocenters. The second-order valence-corrected chi connectivity index (χ2v) is 4.21. The first-order valence-electron chi connectivity index (χ1n) is 5.73. The number of nitrogens with zero attached hydrogens (tertiary/aromatic N) is 1. The van der Waals surface area contributed by atoms with Crippen LogP contribution in [-0.2, 0) is 4.74 Å². The lowest BCUT2D eigenvalue weighted by Gasteiger charge is -2.31. The molecule has 0 aromatic rings. The second-order valence-electron chi connectivity index (χ2n) is 4.21. The monoisotopic (exact) mass is 215 g/mol. The second kappa shape index (κ2) is 5.95. The van der Waals surface area contributed by atoms with Crippen molar-refractivity contribution in [1.82, 2.24) is 4.90 Å².